The van der Waals surface area contributed by atoms with Crippen molar-refractivity contribution in [2.45, 2.75) is 19.9 Å². The molecular formula is C14H21N5OS. The van der Waals surface area contributed by atoms with Crippen LogP contribution in [0.15, 0.2) is 22.8 Å². The van der Waals surface area contributed by atoms with Crippen LogP contribution < -0.4 is 10.6 Å². The Morgan fingerprint density at radius 3 is 3.29 bits per heavy atom. The van der Waals surface area contributed by atoms with Crippen molar-refractivity contribution in [3.8, 4) is 0 Å². The molecule has 2 aromatic rings. The number of hydrogen-bond donors (Lipinski definition) is 2. The fourth-order valence-electron chi connectivity index (χ4n) is 2.34. The normalized spacial score (nSPS) is 19.3. The van der Waals surface area contributed by atoms with Gasteiger partial charge in [-0.1, -0.05) is 0 Å². The van der Waals surface area contributed by atoms with Gasteiger partial charge in [-0.25, -0.2) is 9.98 Å². The lowest BCUT2D eigenvalue weighted by molar-refractivity contribution is 0.186. The topological polar surface area (TPSA) is 63.0 Å². The number of ether oxygens (including phenoxy) is 1. The summed E-state index contributed by atoms with van der Waals surface area (Å²) in [6, 6.07) is 0. The van der Waals surface area contributed by atoms with Gasteiger partial charge in [0.2, 0.25) is 0 Å². The third-order valence-corrected chi connectivity index (χ3v) is 4.24. The average Bonchev–Trinajstić information content (AvgIpc) is 3.18. The van der Waals surface area contributed by atoms with Crippen molar-refractivity contribution in [2.24, 2.45) is 10.9 Å². The van der Waals surface area contributed by atoms with Crippen LogP contribution in [0.3, 0.4) is 0 Å². The van der Waals surface area contributed by atoms with Crippen LogP contribution in [-0.4, -0.2) is 41.6 Å². The fraction of sp³-hybridized carbons (Fsp3) is 0.571. The number of nitrogens with one attached hydrogen (secondary N) is 2. The predicted octanol–water partition coefficient (Wildman–Crippen LogP) is 1.49. The first-order valence-corrected chi connectivity index (χ1v) is 8.24. The molecule has 21 heavy (non-hydrogen) atoms. The summed E-state index contributed by atoms with van der Waals surface area (Å²) in [6.07, 6.45) is 5.18. The number of fused-ring (bicyclic) bond motifs is 1. The molecule has 1 aliphatic rings. The number of hydrogen-bond acceptors (Lipinski definition) is 4. The highest BCUT2D eigenvalue weighted by Crippen LogP contribution is 2.12. The lowest BCUT2D eigenvalue weighted by Crippen LogP contribution is -2.39. The van der Waals surface area contributed by atoms with Crippen molar-refractivity contribution in [2.75, 3.05) is 26.3 Å². The summed E-state index contributed by atoms with van der Waals surface area (Å²) in [5.74, 6) is 1.44. The van der Waals surface area contributed by atoms with E-state index in [9.17, 15) is 0 Å². The van der Waals surface area contributed by atoms with Gasteiger partial charge >= 0.3 is 0 Å². The zero-order chi connectivity index (χ0) is 14.5. The number of nitrogens with zero attached hydrogens (tertiary/aromatic N) is 3. The molecule has 2 N–H and O–H groups in total. The minimum Gasteiger partial charge on any atom is -0.381 e. The van der Waals surface area contributed by atoms with Gasteiger partial charge in [0.05, 0.1) is 18.8 Å². The molecule has 2 aromatic heterocycles. The summed E-state index contributed by atoms with van der Waals surface area (Å²) >= 11 is 1.64. The van der Waals surface area contributed by atoms with Crippen LogP contribution in [-0.2, 0) is 11.3 Å². The van der Waals surface area contributed by atoms with Gasteiger partial charge < -0.3 is 15.4 Å². The largest absolute Gasteiger partial charge is 0.381 e. The van der Waals surface area contributed by atoms with E-state index in [4.69, 9.17) is 4.74 Å². The summed E-state index contributed by atoms with van der Waals surface area (Å²) in [5, 5.41) is 8.69. The molecule has 0 radical (unpaired) electrons. The molecule has 7 heteroatoms. The maximum Gasteiger partial charge on any atom is 0.193 e. The van der Waals surface area contributed by atoms with Crippen LogP contribution in [0.5, 0.6) is 0 Å². The van der Waals surface area contributed by atoms with E-state index in [1.165, 1.54) is 0 Å². The molecule has 1 fully saturated rings. The van der Waals surface area contributed by atoms with E-state index in [0.717, 1.165) is 49.3 Å². The number of thiazole rings is 1. The number of aliphatic imine (C=N–C) groups is 1. The second kappa shape index (κ2) is 6.91. The molecule has 0 amide bonds. The molecule has 1 unspecified atom stereocenters. The Hall–Kier alpha value is -1.60. The lowest BCUT2D eigenvalue weighted by Gasteiger charge is -2.13. The molecule has 114 valence electrons. The SMILES string of the molecule is CCNC(=NCc1cn2ccsc2n1)NCC1CCOC1. The highest BCUT2D eigenvalue weighted by molar-refractivity contribution is 7.15. The Bertz CT molecular complexity index is 571. The molecule has 0 saturated carbocycles. The van der Waals surface area contributed by atoms with Crippen LogP contribution >= 0.6 is 11.3 Å². The van der Waals surface area contributed by atoms with Gasteiger partial charge in [-0.2, -0.15) is 0 Å². The lowest BCUT2D eigenvalue weighted by atomic mass is 10.1. The van der Waals surface area contributed by atoms with E-state index >= 15 is 0 Å². The van der Waals surface area contributed by atoms with Crippen LogP contribution in [0.1, 0.15) is 19.0 Å². The number of aromatic nitrogens is 2. The zero-order valence-corrected chi connectivity index (χ0v) is 13.0. The summed E-state index contributed by atoms with van der Waals surface area (Å²) in [7, 11) is 0. The predicted molar refractivity (Wildman–Crippen MR) is 84.8 cm³/mol. The van der Waals surface area contributed by atoms with E-state index in [1.54, 1.807) is 11.3 Å². The summed E-state index contributed by atoms with van der Waals surface area (Å²) < 4.78 is 7.43. The Kier molecular flexibility index (Phi) is 4.72. The van der Waals surface area contributed by atoms with Gasteiger partial charge in [0, 0.05) is 43.4 Å². The molecule has 1 atom stereocenters. The van der Waals surface area contributed by atoms with Crippen molar-refractivity contribution < 1.29 is 4.74 Å². The third-order valence-electron chi connectivity index (χ3n) is 3.47. The van der Waals surface area contributed by atoms with Crippen LogP contribution in [0.4, 0.5) is 0 Å². The molecule has 0 bridgehead atoms. The monoisotopic (exact) mass is 307 g/mol. The average molecular weight is 307 g/mol. The van der Waals surface area contributed by atoms with Gasteiger partial charge in [0.1, 0.15) is 0 Å². The molecule has 3 heterocycles. The van der Waals surface area contributed by atoms with Crippen molar-refractivity contribution in [1.82, 2.24) is 20.0 Å². The van der Waals surface area contributed by atoms with Gasteiger partial charge in [0.25, 0.3) is 0 Å². The van der Waals surface area contributed by atoms with Crippen molar-refractivity contribution in [3.05, 3.63) is 23.5 Å². The van der Waals surface area contributed by atoms with Crippen LogP contribution in [0, 0.1) is 5.92 Å². The van der Waals surface area contributed by atoms with Crippen LogP contribution in [0.2, 0.25) is 0 Å². The van der Waals surface area contributed by atoms with Crippen molar-refractivity contribution in [1.29, 1.82) is 0 Å². The van der Waals surface area contributed by atoms with Gasteiger partial charge in [-0.15, -0.1) is 11.3 Å². The minimum atomic E-state index is 0.588. The first kappa shape index (κ1) is 14.3. The molecule has 1 aliphatic heterocycles. The smallest absolute Gasteiger partial charge is 0.193 e. The summed E-state index contributed by atoms with van der Waals surface area (Å²) in [4.78, 5) is 10.2. The van der Waals surface area contributed by atoms with Crippen LogP contribution in [0.25, 0.3) is 4.96 Å². The van der Waals surface area contributed by atoms with E-state index in [2.05, 4.69) is 27.5 Å². The van der Waals surface area contributed by atoms with E-state index < -0.39 is 0 Å². The summed E-state index contributed by atoms with van der Waals surface area (Å²) in [6.45, 7) is 6.15. The Morgan fingerprint density at radius 2 is 2.52 bits per heavy atom. The Balaban J connectivity index is 1.57. The Morgan fingerprint density at radius 1 is 1.57 bits per heavy atom. The van der Waals surface area contributed by atoms with E-state index in [1.807, 2.05) is 22.2 Å². The van der Waals surface area contributed by atoms with Gasteiger partial charge in [0.15, 0.2) is 10.9 Å². The summed E-state index contributed by atoms with van der Waals surface area (Å²) in [5.41, 5.74) is 0.989. The number of guanidine groups is 1. The zero-order valence-electron chi connectivity index (χ0n) is 12.2. The second-order valence-electron chi connectivity index (χ2n) is 5.13. The van der Waals surface area contributed by atoms with Crippen molar-refractivity contribution in [3.63, 3.8) is 0 Å². The van der Waals surface area contributed by atoms with Crippen molar-refractivity contribution >= 4 is 22.3 Å². The Labute approximate surface area is 128 Å². The molecule has 0 spiro atoms. The molecule has 1 saturated heterocycles. The maximum atomic E-state index is 5.39. The first-order valence-electron chi connectivity index (χ1n) is 7.36. The highest BCUT2D eigenvalue weighted by Gasteiger charge is 2.15. The van der Waals surface area contributed by atoms with Gasteiger partial charge in [-0.3, -0.25) is 4.40 Å². The van der Waals surface area contributed by atoms with E-state index in [0.29, 0.717) is 12.5 Å². The fourth-order valence-corrected chi connectivity index (χ4v) is 3.06. The molecular weight excluding hydrogens is 286 g/mol. The quantitative estimate of drug-likeness (QED) is 0.649. The molecule has 0 aliphatic carbocycles. The highest BCUT2D eigenvalue weighted by atomic mass is 32.1. The minimum absolute atomic E-state index is 0.588. The standard InChI is InChI=1S/C14H21N5OS/c1-2-15-13(16-7-11-3-5-20-10-11)17-8-12-9-19-4-6-21-14(19)18-12/h4,6,9,11H,2-3,5,7-8,10H2,1H3,(H2,15,16,17). The van der Waals surface area contributed by atoms with Gasteiger partial charge in [-0.05, 0) is 13.3 Å². The molecule has 6 nitrogen and oxygen atoms in total. The molecule has 3 rings (SSSR count). The third kappa shape index (κ3) is 3.74. The molecule has 0 aromatic carbocycles. The number of imidazole rings is 1. The van der Waals surface area contributed by atoms with E-state index in [-0.39, 0.29) is 0 Å². The second-order valence-corrected chi connectivity index (χ2v) is 6.00. The first-order chi connectivity index (χ1) is 10.3. The number of rotatable bonds is 5. The maximum absolute atomic E-state index is 5.39.